The molecule has 1 amide bonds. The van der Waals surface area contributed by atoms with E-state index in [4.69, 9.17) is 16.3 Å². The zero-order valence-corrected chi connectivity index (χ0v) is 15.1. The molecular weight excluding hydrogens is 368 g/mol. The Balaban J connectivity index is 1.78. The number of para-hydroxylation sites is 1. The van der Waals surface area contributed by atoms with Gasteiger partial charge in [-0.25, -0.2) is 0 Å². The van der Waals surface area contributed by atoms with Gasteiger partial charge in [-0.3, -0.25) is 14.9 Å². The van der Waals surface area contributed by atoms with Crippen LogP contribution >= 0.6 is 11.6 Å². The Labute approximate surface area is 160 Å². The molecule has 3 rings (SSSR count). The molecule has 136 valence electrons. The lowest BCUT2D eigenvalue weighted by Gasteiger charge is -2.17. The number of nitrogens with zero attached hydrogens (tertiary/aromatic N) is 2. The van der Waals surface area contributed by atoms with E-state index in [2.05, 4.69) is 0 Å². The van der Waals surface area contributed by atoms with Crippen LogP contribution in [0, 0.1) is 10.1 Å². The zero-order valence-electron chi connectivity index (χ0n) is 14.3. The summed E-state index contributed by atoms with van der Waals surface area (Å²) in [4.78, 5) is 24.7. The number of benzene rings is 3. The van der Waals surface area contributed by atoms with Gasteiger partial charge in [-0.15, -0.1) is 0 Å². The van der Waals surface area contributed by atoms with Crippen LogP contribution in [0.4, 0.5) is 11.4 Å². The van der Waals surface area contributed by atoms with Crippen molar-refractivity contribution in [1.29, 1.82) is 0 Å². The van der Waals surface area contributed by atoms with E-state index < -0.39 is 4.92 Å². The Bertz CT molecular complexity index is 975. The zero-order chi connectivity index (χ0) is 19.4. The molecule has 0 atom stereocenters. The van der Waals surface area contributed by atoms with E-state index in [-0.39, 0.29) is 22.4 Å². The van der Waals surface area contributed by atoms with Crippen LogP contribution in [0.5, 0.6) is 11.5 Å². The minimum atomic E-state index is -0.562. The Kier molecular flexibility index (Phi) is 5.38. The summed E-state index contributed by atoms with van der Waals surface area (Å²) in [5, 5.41) is 11.4. The molecule has 0 unspecified atom stereocenters. The summed E-state index contributed by atoms with van der Waals surface area (Å²) in [6.45, 7) is 0. The number of nitro benzene ring substituents is 1. The van der Waals surface area contributed by atoms with E-state index in [0.29, 0.717) is 11.3 Å². The topological polar surface area (TPSA) is 72.7 Å². The maximum Gasteiger partial charge on any atom is 0.313 e. The largest absolute Gasteiger partial charge is 0.450 e. The van der Waals surface area contributed by atoms with Gasteiger partial charge in [0.25, 0.3) is 5.91 Å². The van der Waals surface area contributed by atoms with Crippen LogP contribution in [0.2, 0.25) is 5.02 Å². The SMILES string of the molecule is CN(C(=O)c1ccc(Oc2ccc(Cl)cc2[N+](=O)[O-])cc1)c1ccccc1. The molecule has 7 heteroatoms. The highest BCUT2D eigenvalue weighted by atomic mass is 35.5. The Morgan fingerprint density at radius 2 is 1.70 bits per heavy atom. The smallest absolute Gasteiger partial charge is 0.313 e. The number of carbonyl (C=O) groups is 1. The summed E-state index contributed by atoms with van der Waals surface area (Å²) in [7, 11) is 1.69. The number of halogens is 1. The molecule has 0 spiro atoms. The lowest BCUT2D eigenvalue weighted by atomic mass is 10.2. The fraction of sp³-hybridized carbons (Fsp3) is 0.0500. The van der Waals surface area contributed by atoms with Gasteiger partial charge in [-0.1, -0.05) is 29.8 Å². The van der Waals surface area contributed by atoms with Crippen molar-refractivity contribution in [2.45, 2.75) is 0 Å². The average molecular weight is 383 g/mol. The predicted molar refractivity (Wildman–Crippen MR) is 104 cm³/mol. The molecule has 0 N–H and O–H groups in total. The highest BCUT2D eigenvalue weighted by Gasteiger charge is 2.17. The van der Waals surface area contributed by atoms with Gasteiger partial charge in [0, 0.05) is 29.4 Å². The molecular formula is C20H15ClN2O4. The summed E-state index contributed by atoms with van der Waals surface area (Å²) < 4.78 is 5.58. The lowest BCUT2D eigenvalue weighted by Crippen LogP contribution is -2.25. The highest BCUT2D eigenvalue weighted by molar-refractivity contribution is 6.30. The lowest BCUT2D eigenvalue weighted by molar-refractivity contribution is -0.385. The molecule has 0 aliphatic rings. The van der Waals surface area contributed by atoms with Crippen LogP contribution in [0.3, 0.4) is 0 Å². The molecule has 0 aliphatic heterocycles. The molecule has 0 saturated carbocycles. The van der Waals surface area contributed by atoms with Crippen LogP contribution in [-0.2, 0) is 0 Å². The third-order valence-electron chi connectivity index (χ3n) is 3.89. The van der Waals surface area contributed by atoms with Crippen molar-refractivity contribution in [3.8, 4) is 11.5 Å². The van der Waals surface area contributed by atoms with E-state index in [9.17, 15) is 14.9 Å². The molecule has 0 aromatic heterocycles. The van der Waals surface area contributed by atoms with Crippen molar-refractivity contribution in [3.05, 3.63) is 93.5 Å². The van der Waals surface area contributed by atoms with E-state index in [1.807, 2.05) is 30.3 Å². The number of carbonyl (C=O) groups excluding carboxylic acids is 1. The maximum absolute atomic E-state index is 12.6. The van der Waals surface area contributed by atoms with Gasteiger partial charge in [0.1, 0.15) is 5.75 Å². The molecule has 0 aliphatic carbocycles. The number of hydrogen-bond donors (Lipinski definition) is 0. The first kappa shape index (κ1) is 18.4. The Hall–Kier alpha value is -3.38. The van der Waals surface area contributed by atoms with E-state index in [1.54, 1.807) is 36.2 Å². The molecule has 0 saturated heterocycles. The van der Waals surface area contributed by atoms with Crippen molar-refractivity contribution in [1.82, 2.24) is 0 Å². The maximum atomic E-state index is 12.6. The first-order valence-electron chi connectivity index (χ1n) is 8.00. The van der Waals surface area contributed by atoms with Crippen LogP contribution in [0.1, 0.15) is 10.4 Å². The number of amides is 1. The van der Waals surface area contributed by atoms with Crippen LogP contribution < -0.4 is 9.64 Å². The number of ether oxygens (including phenoxy) is 1. The van der Waals surface area contributed by atoms with Crippen LogP contribution in [-0.4, -0.2) is 17.9 Å². The molecule has 0 fully saturated rings. The minimum absolute atomic E-state index is 0.0740. The third-order valence-corrected chi connectivity index (χ3v) is 4.13. The minimum Gasteiger partial charge on any atom is -0.450 e. The first-order valence-corrected chi connectivity index (χ1v) is 8.38. The van der Waals surface area contributed by atoms with Crippen LogP contribution in [0.25, 0.3) is 0 Å². The predicted octanol–water partition coefficient (Wildman–Crippen LogP) is 5.32. The van der Waals surface area contributed by atoms with Crippen molar-refractivity contribution in [2.75, 3.05) is 11.9 Å². The number of rotatable bonds is 5. The van der Waals surface area contributed by atoms with Crippen molar-refractivity contribution < 1.29 is 14.5 Å². The Morgan fingerprint density at radius 3 is 2.33 bits per heavy atom. The second-order valence-electron chi connectivity index (χ2n) is 5.70. The monoisotopic (exact) mass is 382 g/mol. The van der Waals surface area contributed by atoms with Gasteiger partial charge >= 0.3 is 5.69 Å². The van der Waals surface area contributed by atoms with Crippen molar-refractivity contribution in [3.63, 3.8) is 0 Å². The Morgan fingerprint density at radius 1 is 1.04 bits per heavy atom. The molecule has 0 bridgehead atoms. The molecule has 3 aromatic carbocycles. The summed E-state index contributed by atoms with van der Waals surface area (Å²) in [6, 6.07) is 19.8. The third kappa shape index (κ3) is 4.24. The highest BCUT2D eigenvalue weighted by Crippen LogP contribution is 2.33. The van der Waals surface area contributed by atoms with Gasteiger partial charge in [0.05, 0.1) is 4.92 Å². The van der Waals surface area contributed by atoms with Gasteiger partial charge in [0.2, 0.25) is 5.75 Å². The van der Waals surface area contributed by atoms with E-state index in [0.717, 1.165) is 5.69 Å². The second-order valence-corrected chi connectivity index (χ2v) is 6.13. The number of anilines is 1. The van der Waals surface area contributed by atoms with E-state index >= 15 is 0 Å². The number of nitro groups is 1. The van der Waals surface area contributed by atoms with Gasteiger partial charge < -0.3 is 9.64 Å². The first-order chi connectivity index (χ1) is 13.0. The molecule has 27 heavy (non-hydrogen) atoms. The van der Waals surface area contributed by atoms with Gasteiger partial charge in [-0.05, 0) is 48.5 Å². The van der Waals surface area contributed by atoms with Crippen molar-refractivity contribution in [2.24, 2.45) is 0 Å². The van der Waals surface area contributed by atoms with E-state index in [1.165, 1.54) is 18.2 Å². The standard InChI is InChI=1S/C20H15ClN2O4/c1-22(16-5-3-2-4-6-16)20(24)14-7-10-17(11-8-14)27-19-12-9-15(21)13-18(19)23(25)26/h2-13H,1H3. The summed E-state index contributed by atoms with van der Waals surface area (Å²) in [6.07, 6.45) is 0. The van der Waals surface area contributed by atoms with Crippen molar-refractivity contribution >= 4 is 28.9 Å². The second kappa shape index (κ2) is 7.88. The molecule has 0 radical (unpaired) electrons. The fourth-order valence-electron chi connectivity index (χ4n) is 2.47. The summed E-state index contributed by atoms with van der Waals surface area (Å²) >= 11 is 5.80. The summed E-state index contributed by atoms with van der Waals surface area (Å²) in [5.41, 5.74) is 1.02. The molecule has 6 nitrogen and oxygen atoms in total. The molecule has 0 heterocycles. The number of hydrogen-bond acceptors (Lipinski definition) is 4. The summed E-state index contributed by atoms with van der Waals surface area (Å²) in [5.74, 6) is 0.273. The van der Waals surface area contributed by atoms with Gasteiger partial charge in [0.15, 0.2) is 0 Å². The quantitative estimate of drug-likeness (QED) is 0.442. The fourth-order valence-corrected chi connectivity index (χ4v) is 2.64. The average Bonchev–Trinajstić information content (AvgIpc) is 2.69. The van der Waals surface area contributed by atoms with Gasteiger partial charge in [-0.2, -0.15) is 0 Å². The van der Waals surface area contributed by atoms with Crippen LogP contribution in [0.15, 0.2) is 72.8 Å². The molecule has 3 aromatic rings. The normalized spacial score (nSPS) is 10.3.